The Morgan fingerprint density at radius 2 is 2.29 bits per heavy atom. The summed E-state index contributed by atoms with van der Waals surface area (Å²) < 4.78 is 15.8. The summed E-state index contributed by atoms with van der Waals surface area (Å²) in [6.07, 6.45) is 7.87. The Bertz CT molecular complexity index is 779. The van der Waals surface area contributed by atoms with E-state index in [4.69, 9.17) is 5.26 Å². The first-order valence-electron chi connectivity index (χ1n) is 8.03. The Balaban J connectivity index is 1.85. The molecule has 6 heteroatoms. The largest absolute Gasteiger partial charge is 0.290 e. The predicted molar refractivity (Wildman–Crippen MR) is 86.8 cm³/mol. The van der Waals surface area contributed by atoms with Gasteiger partial charge in [0.1, 0.15) is 0 Å². The minimum absolute atomic E-state index is 0.0235. The number of nitriles is 1. The number of nitrogens with zero attached hydrogens (tertiary/aromatic N) is 4. The number of alkyl halides is 1. The van der Waals surface area contributed by atoms with Crippen LogP contribution in [0.1, 0.15) is 61.3 Å². The summed E-state index contributed by atoms with van der Waals surface area (Å²) in [7, 11) is 0. The minimum Gasteiger partial charge on any atom is -0.290 e. The van der Waals surface area contributed by atoms with E-state index in [1.54, 1.807) is 0 Å². The summed E-state index contributed by atoms with van der Waals surface area (Å²) in [5, 5.41) is 13.1. The van der Waals surface area contributed by atoms with E-state index in [0.717, 1.165) is 5.57 Å². The van der Waals surface area contributed by atoms with Gasteiger partial charge in [0, 0.05) is 12.8 Å². The number of halogens is 1. The number of carbonyl (C=O) groups is 1. The lowest BCUT2D eigenvalue weighted by Crippen LogP contribution is -2.18. The van der Waals surface area contributed by atoms with Gasteiger partial charge < -0.3 is 0 Å². The molecule has 2 heterocycles. The molecule has 0 amide bonds. The molecule has 0 unspecified atom stereocenters. The second-order valence-electron chi connectivity index (χ2n) is 6.36. The predicted octanol–water partition coefficient (Wildman–Crippen LogP) is 3.80. The van der Waals surface area contributed by atoms with Crippen molar-refractivity contribution in [2.75, 3.05) is 0 Å². The van der Waals surface area contributed by atoms with Crippen molar-refractivity contribution in [1.29, 1.82) is 5.26 Å². The van der Waals surface area contributed by atoms with Gasteiger partial charge in [-0.25, -0.2) is 14.1 Å². The van der Waals surface area contributed by atoms with Crippen LogP contribution in [0.15, 0.2) is 36.5 Å². The zero-order valence-corrected chi connectivity index (χ0v) is 13.6. The van der Waals surface area contributed by atoms with Crippen LogP contribution in [0.4, 0.5) is 4.39 Å². The van der Waals surface area contributed by atoms with E-state index < -0.39 is 11.6 Å². The van der Waals surface area contributed by atoms with E-state index in [-0.39, 0.29) is 36.3 Å². The summed E-state index contributed by atoms with van der Waals surface area (Å²) in [5.41, 5.74) is 0.0678. The molecular formula is C18H19FN4O. The summed E-state index contributed by atoms with van der Waals surface area (Å²) in [4.78, 5) is 16.7. The normalized spacial score (nSPS) is 24.2. The Morgan fingerprint density at radius 1 is 1.54 bits per heavy atom. The summed E-state index contributed by atoms with van der Waals surface area (Å²) >= 11 is 0. The number of ketones is 1. The van der Waals surface area contributed by atoms with Crippen LogP contribution in [-0.2, 0) is 0 Å². The molecule has 1 aromatic rings. The number of aromatic nitrogens is 3. The van der Waals surface area contributed by atoms with Gasteiger partial charge in [-0.05, 0) is 25.3 Å². The zero-order chi connectivity index (χ0) is 17.3. The maximum Gasteiger partial charge on any atom is 0.218 e. The molecular weight excluding hydrogens is 307 g/mol. The molecule has 0 spiro atoms. The molecule has 1 saturated carbocycles. The van der Waals surface area contributed by atoms with Crippen LogP contribution in [-0.4, -0.2) is 20.5 Å². The molecule has 1 aliphatic heterocycles. The molecule has 5 nitrogen and oxygen atoms in total. The average Bonchev–Trinajstić information content (AvgIpc) is 3.10. The number of rotatable bonds is 6. The topological polar surface area (TPSA) is 71.6 Å². The third-order valence-electron chi connectivity index (χ3n) is 4.66. The van der Waals surface area contributed by atoms with Gasteiger partial charge in [-0.15, -0.1) is 5.10 Å². The van der Waals surface area contributed by atoms with Gasteiger partial charge in [-0.1, -0.05) is 30.9 Å². The fraction of sp³-hybridized carbons (Fsp3) is 0.444. The minimum atomic E-state index is -1.26. The molecule has 1 aromatic heterocycles. The highest BCUT2D eigenvalue weighted by Crippen LogP contribution is 2.51. The third kappa shape index (κ3) is 2.71. The molecule has 0 saturated heterocycles. The highest BCUT2D eigenvalue weighted by Gasteiger charge is 2.52. The monoisotopic (exact) mass is 326 g/mol. The standard InChI is InChI=1S/C18H19FN4O/c1-3-4-5-6-12(2)14-11-13(19)17-21-16(22-23(14)17)15(24)18(7-8-18)9-10-20/h3-6,13-14H,2,7-9,11H2,1H3/b4-3-,6-5-/t13-,14-/m0/s1. The zero-order valence-electron chi connectivity index (χ0n) is 13.6. The molecule has 124 valence electrons. The molecule has 0 aromatic carbocycles. The smallest absolute Gasteiger partial charge is 0.218 e. The van der Waals surface area contributed by atoms with Gasteiger partial charge in [0.25, 0.3) is 0 Å². The van der Waals surface area contributed by atoms with Gasteiger partial charge in [0.05, 0.1) is 17.5 Å². The quantitative estimate of drug-likeness (QED) is 0.589. The summed E-state index contributed by atoms with van der Waals surface area (Å²) in [5.74, 6) is -0.0426. The highest BCUT2D eigenvalue weighted by atomic mass is 19.1. The van der Waals surface area contributed by atoms with Crippen molar-refractivity contribution in [3.63, 3.8) is 0 Å². The highest BCUT2D eigenvalue weighted by molar-refractivity contribution is 5.99. The fourth-order valence-electron chi connectivity index (χ4n) is 3.01. The lowest BCUT2D eigenvalue weighted by atomic mass is 9.97. The van der Waals surface area contributed by atoms with Crippen LogP contribution in [0, 0.1) is 16.7 Å². The number of hydrogen-bond acceptors (Lipinski definition) is 4. The Kier molecular flexibility index (Phi) is 4.18. The maximum absolute atomic E-state index is 14.3. The second-order valence-corrected chi connectivity index (χ2v) is 6.36. The van der Waals surface area contributed by atoms with E-state index in [9.17, 15) is 9.18 Å². The van der Waals surface area contributed by atoms with Gasteiger partial charge in [0.15, 0.2) is 12.0 Å². The number of hydrogen-bond donors (Lipinski definition) is 0. The first-order valence-corrected chi connectivity index (χ1v) is 8.03. The van der Waals surface area contributed by atoms with Crippen molar-refractivity contribution in [2.45, 2.75) is 44.8 Å². The molecule has 2 atom stereocenters. The Morgan fingerprint density at radius 3 is 2.92 bits per heavy atom. The van der Waals surface area contributed by atoms with Crippen molar-refractivity contribution < 1.29 is 9.18 Å². The molecule has 1 aliphatic carbocycles. The van der Waals surface area contributed by atoms with Gasteiger partial charge >= 0.3 is 0 Å². The van der Waals surface area contributed by atoms with E-state index in [1.807, 2.05) is 37.3 Å². The summed E-state index contributed by atoms with van der Waals surface area (Å²) in [6, 6.07) is 1.71. The molecule has 3 rings (SSSR count). The van der Waals surface area contributed by atoms with Crippen LogP contribution in [0.3, 0.4) is 0 Å². The second kappa shape index (κ2) is 6.16. The Hall–Kier alpha value is -2.55. The average molecular weight is 326 g/mol. The molecule has 0 N–H and O–H groups in total. The number of fused-ring (bicyclic) bond motifs is 1. The Labute approximate surface area is 140 Å². The maximum atomic E-state index is 14.3. The first kappa shape index (κ1) is 16.3. The number of Topliss-reactive ketones (excluding diaryl/α,β-unsaturated/α-hetero) is 1. The number of carbonyl (C=O) groups excluding carboxylic acids is 1. The van der Waals surface area contributed by atoms with E-state index >= 15 is 0 Å². The third-order valence-corrected chi connectivity index (χ3v) is 4.66. The lowest BCUT2D eigenvalue weighted by Gasteiger charge is -2.11. The van der Waals surface area contributed by atoms with E-state index in [0.29, 0.717) is 12.8 Å². The number of allylic oxidation sites excluding steroid dienone is 5. The van der Waals surface area contributed by atoms with Gasteiger partial charge in [0.2, 0.25) is 11.6 Å². The van der Waals surface area contributed by atoms with E-state index in [2.05, 4.69) is 16.7 Å². The molecule has 0 radical (unpaired) electrons. The molecule has 2 aliphatic rings. The molecule has 1 fully saturated rings. The van der Waals surface area contributed by atoms with Crippen LogP contribution in [0.2, 0.25) is 0 Å². The van der Waals surface area contributed by atoms with Crippen molar-refractivity contribution >= 4 is 5.78 Å². The molecule has 0 bridgehead atoms. The fourth-order valence-corrected chi connectivity index (χ4v) is 3.01. The lowest BCUT2D eigenvalue weighted by molar-refractivity contribution is 0.0891. The van der Waals surface area contributed by atoms with E-state index in [1.165, 1.54) is 4.68 Å². The van der Waals surface area contributed by atoms with Gasteiger partial charge in [-0.2, -0.15) is 5.26 Å². The first-order chi connectivity index (χ1) is 11.5. The van der Waals surface area contributed by atoms with Crippen molar-refractivity contribution in [2.24, 2.45) is 5.41 Å². The van der Waals surface area contributed by atoms with Crippen LogP contribution < -0.4 is 0 Å². The SMILES string of the molecule is C=C(/C=C\C=C/C)[C@@H]1C[C@H](F)c2nc(C(=O)C3(CC#N)CC3)nn21. The van der Waals surface area contributed by atoms with Crippen molar-refractivity contribution in [3.8, 4) is 6.07 Å². The van der Waals surface area contributed by atoms with Crippen LogP contribution in [0.5, 0.6) is 0 Å². The van der Waals surface area contributed by atoms with Crippen molar-refractivity contribution in [3.05, 3.63) is 48.1 Å². The van der Waals surface area contributed by atoms with Gasteiger partial charge in [-0.3, -0.25) is 4.79 Å². The molecule has 24 heavy (non-hydrogen) atoms. The van der Waals surface area contributed by atoms with Crippen LogP contribution in [0.25, 0.3) is 0 Å². The van der Waals surface area contributed by atoms with Crippen LogP contribution >= 0.6 is 0 Å². The summed E-state index contributed by atoms with van der Waals surface area (Å²) in [6.45, 7) is 5.89. The van der Waals surface area contributed by atoms with Crippen molar-refractivity contribution in [1.82, 2.24) is 14.8 Å².